The third-order valence-corrected chi connectivity index (χ3v) is 7.39. The summed E-state index contributed by atoms with van der Waals surface area (Å²) in [4.78, 5) is 12.7. The van der Waals surface area contributed by atoms with Gasteiger partial charge in [0.1, 0.15) is 0 Å². The van der Waals surface area contributed by atoms with E-state index < -0.39 is 10.0 Å². The predicted molar refractivity (Wildman–Crippen MR) is 117 cm³/mol. The quantitative estimate of drug-likeness (QED) is 0.766. The van der Waals surface area contributed by atoms with Crippen LogP contribution in [0.5, 0.6) is 0 Å². The highest BCUT2D eigenvalue weighted by Gasteiger charge is 2.32. The summed E-state index contributed by atoms with van der Waals surface area (Å²) >= 11 is 0. The fourth-order valence-electron chi connectivity index (χ4n) is 3.66. The molecule has 3 rings (SSSR count). The van der Waals surface area contributed by atoms with Crippen LogP contribution in [0.1, 0.15) is 49.3 Å². The van der Waals surface area contributed by atoms with Gasteiger partial charge >= 0.3 is 0 Å². The van der Waals surface area contributed by atoms with Gasteiger partial charge < -0.3 is 5.32 Å². The molecule has 5 nitrogen and oxygen atoms in total. The van der Waals surface area contributed by atoms with E-state index in [9.17, 15) is 13.2 Å². The molecule has 0 bridgehead atoms. The van der Waals surface area contributed by atoms with Crippen molar-refractivity contribution >= 4 is 21.6 Å². The maximum atomic E-state index is 12.9. The van der Waals surface area contributed by atoms with E-state index in [1.54, 1.807) is 0 Å². The zero-order valence-corrected chi connectivity index (χ0v) is 18.2. The summed E-state index contributed by atoms with van der Waals surface area (Å²) in [6.45, 7) is 6.89. The van der Waals surface area contributed by atoms with E-state index >= 15 is 0 Å². The normalized spacial score (nSPS) is 18.0. The summed E-state index contributed by atoms with van der Waals surface area (Å²) in [5.41, 5.74) is 3.74. The Balaban J connectivity index is 1.64. The Bertz CT molecular complexity index is 952. The molecule has 6 heteroatoms. The van der Waals surface area contributed by atoms with Crippen molar-refractivity contribution in [3.63, 3.8) is 0 Å². The second kappa shape index (κ2) is 9.09. The van der Waals surface area contributed by atoms with Crippen LogP contribution in [0.4, 0.5) is 5.69 Å². The van der Waals surface area contributed by atoms with Crippen LogP contribution in [0, 0.1) is 12.8 Å². The molecule has 1 aliphatic heterocycles. The lowest BCUT2D eigenvalue weighted by Crippen LogP contribution is -2.44. The summed E-state index contributed by atoms with van der Waals surface area (Å²) in [7, 11) is -3.46. The Morgan fingerprint density at radius 2 is 1.83 bits per heavy atom. The van der Waals surface area contributed by atoms with Gasteiger partial charge in [-0.05, 0) is 54.5 Å². The molecule has 1 N–H and O–H groups in total. The van der Waals surface area contributed by atoms with Crippen LogP contribution in [0.3, 0.4) is 0 Å². The molecule has 0 radical (unpaired) electrons. The standard InChI is InChI=1S/C23H30N2O3S/c1-17(2)19-10-12-22(13-11-19)24-23(26)20-9-6-14-25(15-20)29(27,28)16-21-8-5-4-7-18(21)3/h4-5,7-8,10-13,17,20H,6,9,14-16H2,1-3H3,(H,24,26)/t20-/m0/s1. The predicted octanol–water partition coefficient (Wildman–Crippen LogP) is 4.30. The van der Waals surface area contributed by atoms with Crippen molar-refractivity contribution in [1.29, 1.82) is 0 Å². The molecule has 0 saturated carbocycles. The topological polar surface area (TPSA) is 66.5 Å². The van der Waals surface area contributed by atoms with Gasteiger partial charge in [-0.3, -0.25) is 4.79 Å². The minimum absolute atomic E-state index is 0.0231. The van der Waals surface area contributed by atoms with Crippen molar-refractivity contribution in [2.45, 2.75) is 45.3 Å². The molecule has 156 valence electrons. The highest BCUT2D eigenvalue weighted by Crippen LogP contribution is 2.24. The van der Waals surface area contributed by atoms with Crippen molar-refractivity contribution < 1.29 is 13.2 Å². The highest BCUT2D eigenvalue weighted by molar-refractivity contribution is 7.88. The number of piperidine rings is 1. The van der Waals surface area contributed by atoms with Crippen LogP contribution in [0.25, 0.3) is 0 Å². The van der Waals surface area contributed by atoms with E-state index in [4.69, 9.17) is 0 Å². The maximum absolute atomic E-state index is 12.9. The van der Waals surface area contributed by atoms with Crippen LogP contribution in [-0.4, -0.2) is 31.7 Å². The maximum Gasteiger partial charge on any atom is 0.228 e. The van der Waals surface area contributed by atoms with E-state index in [-0.39, 0.29) is 24.1 Å². The number of anilines is 1. The molecule has 0 unspecified atom stereocenters. The molecular formula is C23H30N2O3S. The first-order chi connectivity index (χ1) is 13.8. The molecule has 1 fully saturated rings. The average molecular weight is 415 g/mol. The molecule has 1 aliphatic rings. The number of rotatable bonds is 6. The van der Waals surface area contributed by atoms with Crippen molar-refractivity contribution in [3.8, 4) is 0 Å². The van der Waals surface area contributed by atoms with Crippen LogP contribution >= 0.6 is 0 Å². The molecular weight excluding hydrogens is 384 g/mol. The van der Waals surface area contributed by atoms with E-state index in [0.29, 0.717) is 25.3 Å². The Morgan fingerprint density at radius 1 is 1.14 bits per heavy atom. The van der Waals surface area contributed by atoms with Crippen LogP contribution in [0.15, 0.2) is 48.5 Å². The number of nitrogens with one attached hydrogen (secondary N) is 1. The smallest absolute Gasteiger partial charge is 0.228 e. The highest BCUT2D eigenvalue weighted by atomic mass is 32.2. The summed E-state index contributed by atoms with van der Waals surface area (Å²) in [5, 5.41) is 2.95. The molecule has 0 aliphatic carbocycles. The van der Waals surface area contributed by atoms with Crippen molar-refractivity contribution in [1.82, 2.24) is 4.31 Å². The van der Waals surface area contributed by atoms with Crippen LogP contribution in [0.2, 0.25) is 0 Å². The van der Waals surface area contributed by atoms with Gasteiger partial charge in [-0.25, -0.2) is 12.7 Å². The van der Waals surface area contributed by atoms with Crippen LogP contribution < -0.4 is 5.32 Å². The average Bonchev–Trinajstić information content (AvgIpc) is 2.70. The number of amides is 1. The molecule has 2 aromatic rings. The number of carbonyl (C=O) groups excluding carboxylic acids is 1. The lowest BCUT2D eigenvalue weighted by molar-refractivity contribution is -0.120. The minimum atomic E-state index is -3.46. The molecule has 2 aromatic carbocycles. The van der Waals surface area contributed by atoms with Crippen LogP contribution in [-0.2, 0) is 20.6 Å². The van der Waals surface area contributed by atoms with Gasteiger partial charge in [0.25, 0.3) is 0 Å². The van der Waals surface area contributed by atoms with Gasteiger partial charge in [0.2, 0.25) is 15.9 Å². The van der Waals surface area contributed by atoms with Gasteiger partial charge in [-0.1, -0.05) is 50.2 Å². The number of hydrogen-bond donors (Lipinski definition) is 1. The molecule has 1 atom stereocenters. The largest absolute Gasteiger partial charge is 0.326 e. The first kappa shape index (κ1) is 21.5. The summed E-state index contributed by atoms with van der Waals surface area (Å²) in [5.74, 6) is -0.0339. The van der Waals surface area contributed by atoms with Gasteiger partial charge in [-0.2, -0.15) is 0 Å². The Labute approximate surface area is 174 Å². The molecule has 29 heavy (non-hydrogen) atoms. The van der Waals surface area contributed by atoms with E-state index in [1.807, 2.05) is 55.5 Å². The van der Waals surface area contributed by atoms with E-state index in [1.165, 1.54) is 9.87 Å². The molecule has 1 heterocycles. The molecule has 0 aromatic heterocycles. The fraction of sp³-hybridized carbons (Fsp3) is 0.435. The zero-order chi connectivity index (χ0) is 21.0. The fourth-order valence-corrected chi connectivity index (χ4v) is 5.38. The second-order valence-corrected chi connectivity index (χ2v) is 10.1. The van der Waals surface area contributed by atoms with Gasteiger partial charge in [0.15, 0.2) is 0 Å². The van der Waals surface area contributed by atoms with Crippen molar-refractivity contribution in [2.24, 2.45) is 5.92 Å². The van der Waals surface area contributed by atoms with Gasteiger partial charge in [0, 0.05) is 18.8 Å². The summed E-state index contributed by atoms with van der Waals surface area (Å²) < 4.78 is 27.3. The van der Waals surface area contributed by atoms with Crippen molar-refractivity contribution in [2.75, 3.05) is 18.4 Å². The lowest BCUT2D eigenvalue weighted by atomic mass is 9.98. The van der Waals surface area contributed by atoms with Crippen molar-refractivity contribution in [3.05, 3.63) is 65.2 Å². The SMILES string of the molecule is Cc1ccccc1CS(=O)(=O)N1CCC[C@H](C(=O)Nc2ccc(C(C)C)cc2)C1. The lowest BCUT2D eigenvalue weighted by Gasteiger charge is -2.31. The second-order valence-electron chi connectivity index (χ2n) is 8.15. The first-order valence-corrected chi connectivity index (χ1v) is 11.8. The van der Waals surface area contributed by atoms with E-state index in [2.05, 4.69) is 19.2 Å². The molecule has 1 amide bonds. The Morgan fingerprint density at radius 3 is 2.48 bits per heavy atom. The Kier molecular flexibility index (Phi) is 6.75. The number of nitrogens with zero attached hydrogens (tertiary/aromatic N) is 1. The summed E-state index contributed by atoms with van der Waals surface area (Å²) in [6.07, 6.45) is 1.39. The molecule has 1 saturated heterocycles. The first-order valence-electron chi connectivity index (χ1n) is 10.2. The third-order valence-electron chi connectivity index (χ3n) is 5.59. The van der Waals surface area contributed by atoms with E-state index in [0.717, 1.165) is 16.8 Å². The number of sulfonamides is 1. The number of benzene rings is 2. The number of carbonyl (C=O) groups is 1. The van der Waals surface area contributed by atoms with Gasteiger partial charge in [0.05, 0.1) is 11.7 Å². The summed E-state index contributed by atoms with van der Waals surface area (Å²) in [6, 6.07) is 15.4. The third kappa shape index (κ3) is 5.46. The number of aryl methyl sites for hydroxylation is 1. The molecule has 0 spiro atoms. The Hall–Kier alpha value is -2.18. The monoisotopic (exact) mass is 414 g/mol. The minimum Gasteiger partial charge on any atom is -0.326 e. The number of hydrogen-bond acceptors (Lipinski definition) is 3. The zero-order valence-electron chi connectivity index (χ0n) is 17.4. The van der Waals surface area contributed by atoms with Gasteiger partial charge in [-0.15, -0.1) is 0 Å².